The summed E-state index contributed by atoms with van der Waals surface area (Å²) in [6.07, 6.45) is 8.86. The second kappa shape index (κ2) is 5.43. The molecule has 0 aromatic heterocycles. The van der Waals surface area contributed by atoms with Crippen LogP contribution in [0.25, 0.3) is 0 Å². The molecule has 4 nitrogen and oxygen atoms in total. The Morgan fingerprint density at radius 2 is 2.05 bits per heavy atom. The summed E-state index contributed by atoms with van der Waals surface area (Å²) in [5.74, 6) is 0.281. The number of hydrogen-bond donors (Lipinski definition) is 1. The summed E-state index contributed by atoms with van der Waals surface area (Å²) < 4.78 is 0. The fraction of sp³-hybridized carbons (Fsp3) is 0.625. The van der Waals surface area contributed by atoms with E-state index in [1.54, 1.807) is 6.08 Å². The summed E-state index contributed by atoms with van der Waals surface area (Å²) >= 11 is 0. The molecule has 0 aromatic rings. The Labute approximate surface area is 120 Å². The van der Waals surface area contributed by atoms with E-state index >= 15 is 0 Å². The Bertz CT molecular complexity index is 465. The Morgan fingerprint density at radius 3 is 2.65 bits per heavy atom. The molecule has 1 aliphatic heterocycles. The third-order valence-corrected chi connectivity index (χ3v) is 5.12. The van der Waals surface area contributed by atoms with E-state index in [0.717, 1.165) is 25.5 Å². The zero-order valence-corrected chi connectivity index (χ0v) is 12.5. The van der Waals surface area contributed by atoms with Crippen LogP contribution in [0.1, 0.15) is 33.1 Å². The third kappa shape index (κ3) is 2.39. The lowest BCUT2D eigenvalue weighted by atomic mass is 9.67. The Hall–Kier alpha value is -1.58. The van der Waals surface area contributed by atoms with Gasteiger partial charge in [0.15, 0.2) is 0 Å². The molecule has 0 spiro atoms. The molecule has 20 heavy (non-hydrogen) atoms. The monoisotopic (exact) mass is 276 g/mol. The van der Waals surface area contributed by atoms with E-state index in [4.69, 9.17) is 5.73 Å². The number of rotatable bonds is 3. The van der Waals surface area contributed by atoms with Crippen molar-refractivity contribution in [2.24, 2.45) is 23.0 Å². The van der Waals surface area contributed by atoms with E-state index < -0.39 is 0 Å². The van der Waals surface area contributed by atoms with Crippen LogP contribution in [0.4, 0.5) is 0 Å². The van der Waals surface area contributed by atoms with Crippen molar-refractivity contribution >= 4 is 12.2 Å². The summed E-state index contributed by atoms with van der Waals surface area (Å²) in [4.78, 5) is 24.2. The lowest BCUT2D eigenvalue weighted by molar-refractivity contribution is -0.123. The van der Waals surface area contributed by atoms with Gasteiger partial charge in [0.05, 0.1) is 0 Å². The smallest absolute Gasteiger partial charge is 0.220 e. The molecule has 4 heteroatoms. The Morgan fingerprint density at radius 1 is 1.35 bits per heavy atom. The van der Waals surface area contributed by atoms with Crippen molar-refractivity contribution in [3.8, 4) is 0 Å². The van der Waals surface area contributed by atoms with Crippen LogP contribution in [0.3, 0.4) is 0 Å². The number of hydrogen-bond acceptors (Lipinski definition) is 3. The van der Waals surface area contributed by atoms with Gasteiger partial charge >= 0.3 is 0 Å². The molecule has 1 saturated carbocycles. The van der Waals surface area contributed by atoms with E-state index in [2.05, 4.69) is 25.8 Å². The minimum absolute atomic E-state index is 0.000755. The second-order valence-electron chi connectivity index (χ2n) is 6.49. The van der Waals surface area contributed by atoms with Gasteiger partial charge in [-0.1, -0.05) is 19.9 Å². The summed E-state index contributed by atoms with van der Waals surface area (Å²) in [5.41, 5.74) is 6.72. The van der Waals surface area contributed by atoms with Crippen molar-refractivity contribution in [1.29, 1.82) is 0 Å². The lowest BCUT2D eigenvalue weighted by Crippen LogP contribution is -2.40. The van der Waals surface area contributed by atoms with E-state index in [1.165, 1.54) is 11.8 Å². The minimum Gasteiger partial charge on any atom is -0.374 e. The van der Waals surface area contributed by atoms with Crippen LogP contribution in [-0.2, 0) is 9.59 Å². The van der Waals surface area contributed by atoms with Crippen LogP contribution in [0, 0.1) is 17.3 Å². The average molecular weight is 276 g/mol. The van der Waals surface area contributed by atoms with Crippen LogP contribution in [0.5, 0.6) is 0 Å². The van der Waals surface area contributed by atoms with E-state index in [1.807, 2.05) is 6.08 Å². The summed E-state index contributed by atoms with van der Waals surface area (Å²) in [6, 6.07) is 0.469. The van der Waals surface area contributed by atoms with Crippen LogP contribution in [0.15, 0.2) is 23.9 Å². The number of nitrogens with two attached hydrogens (primary N) is 1. The van der Waals surface area contributed by atoms with Gasteiger partial charge in [-0.25, -0.2) is 0 Å². The van der Waals surface area contributed by atoms with Crippen LogP contribution in [0.2, 0.25) is 0 Å². The van der Waals surface area contributed by atoms with Crippen LogP contribution >= 0.6 is 0 Å². The molecule has 1 aliphatic carbocycles. The Balaban J connectivity index is 2.28. The van der Waals surface area contributed by atoms with Gasteiger partial charge < -0.3 is 10.6 Å². The molecule has 2 N–H and O–H groups in total. The highest BCUT2D eigenvalue weighted by molar-refractivity contribution is 5.76. The lowest BCUT2D eigenvalue weighted by Gasteiger charge is -2.36. The average Bonchev–Trinajstić information content (AvgIpc) is 2.59. The van der Waals surface area contributed by atoms with Gasteiger partial charge in [-0.05, 0) is 37.3 Å². The second-order valence-corrected chi connectivity index (χ2v) is 6.49. The molecule has 0 radical (unpaired) electrons. The van der Waals surface area contributed by atoms with Gasteiger partial charge in [-0.3, -0.25) is 9.59 Å². The predicted molar refractivity (Wildman–Crippen MR) is 78.6 cm³/mol. The van der Waals surface area contributed by atoms with Gasteiger partial charge in [0.2, 0.25) is 5.91 Å². The molecule has 1 amide bonds. The molecular weight excluding hydrogens is 252 g/mol. The van der Waals surface area contributed by atoms with Crippen LogP contribution in [-0.4, -0.2) is 30.2 Å². The molecule has 3 unspecified atom stereocenters. The SMILES string of the molecule is CN1C(=CC=CC=O)C(C)(C)C2CC(C(N)=O)CCC21. The van der Waals surface area contributed by atoms with E-state index in [9.17, 15) is 9.59 Å². The van der Waals surface area contributed by atoms with Gasteiger partial charge in [0.1, 0.15) is 6.29 Å². The highest BCUT2D eigenvalue weighted by Gasteiger charge is 2.51. The molecule has 1 saturated heterocycles. The molecule has 3 atom stereocenters. The number of aldehydes is 1. The fourth-order valence-electron chi connectivity index (χ4n) is 4.00. The number of nitrogens with zero attached hydrogens (tertiary/aromatic N) is 1. The molecule has 2 rings (SSSR count). The highest BCUT2D eigenvalue weighted by atomic mass is 16.1. The third-order valence-electron chi connectivity index (χ3n) is 5.12. The quantitative estimate of drug-likeness (QED) is 0.632. The maximum Gasteiger partial charge on any atom is 0.220 e. The van der Waals surface area contributed by atoms with Crippen molar-refractivity contribution in [1.82, 2.24) is 4.90 Å². The molecule has 110 valence electrons. The number of carbonyl (C=O) groups is 2. The maximum atomic E-state index is 11.5. The molecule has 2 aliphatic rings. The van der Waals surface area contributed by atoms with Crippen molar-refractivity contribution < 1.29 is 9.59 Å². The zero-order valence-electron chi connectivity index (χ0n) is 12.5. The Kier molecular flexibility index (Phi) is 4.02. The first kappa shape index (κ1) is 14.8. The standard InChI is InChI=1S/C16H24N2O2/c1-16(2)12-10-11(15(17)20)7-8-13(12)18(3)14(16)6-4-5-9-19/h4-6,9,11-13H,7-8,10H2,1-3H3,(H2,17,20). The molecule has 1 heterocycles. The molecule has 0 bridgehead atoms. The van der Waals surface area contributed by atoms with Crippen LogP contribution < -0.4 is 5.73 Å². The normalized spacial score (nSPS) is 34.5. The van der Waals surface area contributed by atoms with E-state index in [0.29, 0.717) is 12.0 Å². The van der Waals surface area contributed by atoms with E-state index in [-0.39, 0.29) is 17.2 Å². The number of amides is 1. The number of primary amides is 1. The molecule has 0 aromatic carbocycles. The van der Waals surface area contributed by atoms with Gasteiger partial charge in [0.25, 0.3) is 0 Å². The van der Waals surface area contributed by atoms with Crippen molar-refractivity contribution in [2.45, 2.75) is 39.2 Å². The highest BCUT2D eigenvalue weighted by Crippen LogP contribution is 2.53. The maximum absolute atomic E-state index is 11.5. The predicted octanol–water partition coefficient (Wildman–Crippen LogP) is 1.87. The zero-order chi connectivity index (χ0) is 14.9. The van der Waals surface area contributed by atoms with Gasteiger partial charge in [0, 0.05) is 30.1 Å². The molecular formula is C16H24N2O2. The summed E-state index contributed by atoms with van der Waals surface area (Å²) in [7, 11) is 2.11. The van der Waals surface area contributed by atoms with Crippen molar-refractivity contribution in [3.63, 3.8) is 0 Å². The molecule has 2 fully saturated rings. The van der Waals surface area contributed by atoms with Crippen molar-refractivity contribution in [3.05, 3.63) is 23.9 Å². The minimum atomic E-state index is -0.166. The number of carbonyl (C=O) groups excluding carboxylic acids is 2. The first-order valence-corrected chi connectivity index (χ1v) is 7.24. The summed E-state index contributed by atoms with van der Waals surface area (Å²) in [6.45, 7) is 4.44. The number of fused-ring (bicyclic) bond motifs is 1. The summed E-state index contributed by atoms with van der Waals surface area (Å²) in [5, 5.41) is 0. The fourth-order valence-corrected chi connectivity index (χ4v) is 4.00. The topological polar surface area (TPSA) is 63.4 Å². The van der Waals surface area contributed by atoms with Gasteiger partial charge in [-0.15, -0.1) is 0 Å². The largest absolute Gasteiger partial charge is 0.374 e. The number of likely N-dealkylation sites (tertiary alicyclic amines) is 1. The van der Waals surface area contributed by atoms with Crippen molar-refractivity contribution in [2.75, 3.05) is 7.05 Å². The number of allylic oxidation sites excluding steroid dienone is 4. The first-order chi connectivity index (χ1) is 9.39. The van der Waals surface area contributed by atoms with Gasteiger partial charge in [-0.2, -0.15) is 0 Å². The first-order valence-electron chi connectivity index (χ1n) is 7.24.